The molecule has 3 aromatic heterocycles. The van der Waals surface area contributed by atoms with E-state index in [9.17, 15) is 13.2 Å². The summed E-state index contributed by atoms with van der Waals surface area (Å²) in [4.78, 5) is 17.5. The van der Waals surface area contributed by atoms with E-state index in [0.29, 0.717) is 29.0 Å². The van der Waals surface area contributed by atoms with Gasteiger partial charge in [-0.3, -0.25) is 14.1 Å². The third-order valence-electron chi connectivity index (χ3n) is 6.26. The van der Waals surface area contributed by atoms with Gasteiger partial charge in [0.15, 0.2) is 5.82 Å². The Bertz CT molecular complexity index is 1650. The maximum absolute atomic E-state index is 13.0. The quantitative estimate of drug-likeness (QED) is 0.325. The summed E-state index contributed by atoms with van der Waals surface area (Å²) in [5.41, 5.74) is 0.225. The minimum Gasteiger partial charge on any atom is -0.479 e. The van der Waals surface area contributed by atoms with Crippen LogP contribution in [0.25, 0.3) is 16.6 Å². The second-order valence-corrected chi connectivity index (χ2v) is 11.6. The van der Waals surface area contributed by atoms with Gasteiger partial charge in [-0.1, -0.05) is 16.8 Å². The SMILES string of the molecule is COc1nc(NC[C@@H]2CCC(C)(C)O2)c(Cl)cc1-n1c(=O)ccc2cc(S(=O)(=O)Nc3ccon3)ccc21. The first-order valence-electron chi connectivity index (χ1n) is 11.8. The summed E-state index contributed by atoms with van der Waals surface area (Å²) >= 11 is 6.57. The van der Waals surface area contributed by atoms with E-state index < -0.39 is 10.0 Å². The van der Waals surface area contributed by atoms with E-state index in [2.05, 4.69) is 38.6 Å². The van der Waals surface area contributed by atoms with E-state index in [0.717, 1.165) is 12.8 Å². The Labute approximate surface area is 223 Å². The number of rotatable bonds is 8. The van der Waals surface area contributed by atoms with Crippen molar-refractivity contribution in [1.29, 1.82) is 0 Å². The van der Waals surface area contributed by atoms with Gasteiger partial charge in [0.1, 0.15) is 17.8 Å². The van der Waals surface area contributed by atoms with Crippen LogP contribution in [0.2, 0.25) is 5.02 Å². The van der Waals surface area contributed by atoms with Crippen LogP contribution in [0.5, 0.6) is 5.88 Å². The summed E-state index contributed by atoms with van der Waals surface area (Å²) in [7, 11) is -2.50. The fourth-order valence-electron chi connectivity index (χ4n) is 4.43. The van der Waals surface area contributed by atoms with Gasteiger partial charge in [-0.05, 0) is 57.0 Å². The number of benzene rings is 1. The number of nitrogens with zero attached hydrogens (tertiary/aromatic N) is 3. The topological polar surface area (TPSA) is 138 Å². The monoisotopic (exact) mass is 559 g/mol. The molecule has 4 heterocycles. The van der Waals surface area contributed by atoms with Gasteiger partial charge in [0, 0.05) is 24.1 Å². The van der Waals surface area contributed by atoms with Gasteiger partial charge in [0.25, 0.3) is 15.6 Å². The van der Waals surface area contributed by atoms with Gasteiger partial charge in [-0.25, -0.2) is 8.42 Å². The van der Waals surface area contributed by atoms with Crippen molar-refractivity contribution in [2.45, 2.75) is 43.3 Å². The molecule has 2 N–H and O–H groups in total. The smallest absolute Gasteiger partial charge is 0.263 e. The van der Waals surface area contributed by atoms with E-state index in [4.69, 9.17) is 21.1 Å². The lowest BCUT2D eigenvalue weighted by Crippen LogP contribution is -2.25. The number of anilines is 2. The number of methoxy groups -OCH3 is 1. The molecule has 200 valence electrons. The van der Waals surface area contributed by atoms with E-state index in [1.54, 1.807) is 12.1 Å². The molecular formula is C25H26ClN5O6S. The van der Waals surface area contributed by atoms with Gasteiger partial charge in [0.2, 0.25) is 5.88 Å². The minimum absolute atomic E-state index is 0.0156. The van der Waals surface area contributed by atoms with Crippen LogP contribution in [0.1, 0.15) is 26.7 Å². The molecule has 0 saturated carbocycles. The molecular weight excluding hydrogens is 534 g/mol. The predicted molar refractivity (Wildman–Crippen MR) is 143 cm³/mol. The van der Waals surface area contributed by atoms with Gasteiger partial charge < -0.3 is 19.3 Å². The zero-order chi connectivity index (χ0) is 27.1. The van der Waals surface area contributed by atoms with Crippen molar-refractivity contribution >= 4 is 44.2 Å². The van der Waals surface area contributed by atoms with Crippen molar-refractivity contribution in [3.63, 3.8) is 0 Å². The lowest BCUT2D eigenvalue weighted by molar-refractivity contribution is -0.00914. The summed E-state index contributed by atoms with van der Waals surface area (Å²) in [5, 5.41) is 7.58. The molecule has 0 aliphatic carbocycles. The Kier molecular flexibility index (Phi) is 6.80. The standard InChI is InChI=1S/C25H26ClN5O6S/c1-25(2)10-8-16(37-25)14-27-23-18(26)13-20(24(28-23)35-3)31-19-6-5-17(12-15(19)4-7-22(31)32)38(33,34)30-21-9-11-36-29-21/h4-7,9,11-13,16H,8,10,14H2,1-3H3,(H,27,28)(H,29,30)/t16-/m0/s1. The summed E-state index contributed by atoms with van der Waals surface area (Å²) in [6.07, 6.45) is 3.17. The molecule has 0 bridgehead atoms. The summed E-state index contributed by atoms with van der Waals surface area (Å²) < 4.78 is 45.6. The van der Waals surface area contributed by atoms with Crippen molar-refractivity contribution in [2.24, 2.45) is 0 Å². The van der Waals surface area contributed by atoms with Crippen LogP contribution in [0.15, 0.2) is 62.9 Å². The molecule has 13 heteroatoms. The Morgan fingerprint density at radius 2 is 2.03 bits per heavy atom. The van der Waals surface area contributed by atoms with E-state index in [-0.39, 0.29) is 38.9 Å². The van der Waals surface area contributed by atoms with Crippen molar-refractivity contribution in [2.75, 3.05) is 23.7 Å². The molecule has 11 nitrogen and oxygen atoms in total. The maximum atomic E-state index is 13.0. The van der Waals surface area contributed by atoms with Crippen LogP contribution in [0.3, 0.4) is 0 Å². The molecule has 1 aromatic carbocycles. The summed E-state index contributed by atoms with van der Waals surface area (Å²) in [6.45, 7) is 4.64. The fourth-order valence-corrected chi connectivity index (χ4v) is 5.67. The molecule has 0 amide bonds. The Morgan fingerprint density at radius 3 is 2.71 bits per heavy atom. The van der Waals surface area contributed by atoms with Crippen LogP contribution in [-0.4, -0.2) is 48.5 Å². The van der Waals surface area contributed by atoms with E-state index in [1.165, 1.54) is 48.3 Å². The number of aromatic nitrogens is 3. The van der Waals surface area contributed by atoms with Gasteiger partial charge in [-0.2, -0.15) is 4.98 Å². The lowest BCUT2D eigenvalue weighted by Gasteiger charge is -2.20. The van der Waals surface area contributed by atoms with Crippen LogP contribution in [0, 0.1) is 0 Å². The van der Waals surface area contributed by atoms with Crippen LogP contribution in [0.4, 0.5) is 11.6 Å². The number of hydrogen-bond acceptors (Lipinski definition) is 9. The zero-order valence-corrected chi connectivity index (χ0v) is 22.5. The highest BCUT2D eigenvalue weighted by atomic mass is 35.5. The summed E-state index contributed by atoms with van der Waals surface area (Å²) in [6, 6.07) is 10.2. The Hall–Kier alpha value is -3.61. The molecule has 1 aliphatic rings. The molecule has 1 aliphatic heterocycles. The maximum Gasteiger partial charge on any atom is 0.263 e. The molecule has 1 fully saturated rings. The Balaban J connectivity index is 1.49. The third kappa shape index (κ3) is 5.19. The number of fused-ring (bicyclic) bond motifs is 1. The van der Waals surface area contributed by atoms with Gasteiger partial charge >= 0.3 is 0 Å². The van der Waals surface area contributed by atoms with E-state index in [1.807, 2.05) is 0 Å². The average molecular weight is 560 g/mol. The van der Waals surface area contributed by atoms with Crippen molar-refractivity contribution in [3.05, 3.63) is 64.1 Å². The van der Waals surface area contributed by atoms with Gasteiger partial charge in [-0.15, -0.1) is 0 Å². The van der Waals surface area contributed by atoms with E-state index >= 15 is 0 Å². The number of pyridine rings is 2. The van der Waals surface area contributed by atoms with Crippen LogP contribution >= 0.6 is 11.6 Å². The number of ether oxygens (including phenoxy) is 2. The molecule has 4 aromatic rings. The van der Waals surface area contributed by atoms with Gasteiger partial charge in [0.05, 0.1) is 34.2 Å². The average Bonchev–Trinajstić information content (AvgIpc) is 3.51. The zero-order valence-electron chi connectivity index (χ0n) is 20.9. The first kappa shape index (κ1) is 26.0. The second-order valence-electron chi connectivity index (χ2n) is 9.48. The summed E-state index contributed by atoms with van der Waals surface area (Å²) in [5.74, 6) is 0.627. The third-order valence-corrected chi connectivity index (χ3v) is 7.90. The molecule has 0 spiro atoms. The number of sulfonamides is 1. The minimum atomic E-state index is -3.94. The molecule has 38 heavy (non-hydrogen) atoms. The van der Waals surface area contributed by atoms with Crippen LogP contribution < -0.4 is 20.3 Å². The first-order chi connectivity index (χ1) is 18.1. The van der Waals surface area contributed by atoms with Crippen molar-refractivity contribution < 1.29 is 22.4 Å². The highest BCUT2D eigenvalue weighted by Crippen LogP contribution is 2.33. The highest BCUT2D eigenvalue weighted by Gasteiger charge is 2.31. The number of hydrogen-bond donors (Lipinski definition) is 2. The molecule has 1 saturated heterocycles. The fraction of sp³-hybridized carbons (Fsp3) is 0.320. The molecule has 1 atom stereocenters. The Morgan fingerprint density at radius 1 is 1.21 bits per heavy atom. The molecule has 0 unspecified atom stereocenters. The lowest BCUT2D eigenvalue weighted by atomic mass is 10.1. The largest absolute Gasteiger partial charge is 0.479 e. The number of halogens is 1. The predicted octanol–water partition coefficient (Wildman–Crippen LogP) is 4.21. The molecule has 0 radical (unpaired) electrons. The van der Waals surface area contributed by atoms with Crippen molar-refractivity contribution in [3.8, 4) is 11.6 Å². The first-order valence-corrected chi connectivity index (χ1v) is 13.7. The van der Waals surface area contributed by atoms with Crippen LogP contribution in [-0.2, 0) is 14.8 Å². The molecule has 5 rings (SSSR count). The highest BCUT2D eigenvalue weighted by molar-refractivity contribution is 7.92. The number of nitrogens with one attached hydrogen (secondary N) is 2. The second kappa shape index (κ2) is 9.93. The van der Waals surface area contributed by atoms with Crippen molar-refractivity contribution in [1.82, 2.24) is 14.7 Å². The normalized spacial score (nSPS) is 17.0.